The van der Waals surface area contributed by atoms with Crippen LogP contribution >= 0.6 is 0 Å². The molecule has 0 saturated carbocycles. The molecule has 2 fully saturated rings. The number of aromatic nitrogens is 2. The van der Waals surface area contributed by atoms with Crippen LogP contribution in [0.5, 0.6) is 0 Å². The van der Waals surface area contributed by atoms with Crippen LogP contribution in [0.1, 0.15) is 38.3 Å². The van der Waals surface area contributed by atoms with E-state index in [1.165, 1.54) is 6.26 Å². The number of benzene rings is 1. The van der Waals surface area contributed by atoms with Crippen LogP contribution in [0.25, 0.3) is 10.9 Å². The van der Waals surface area contributed by atoms with Gasteiger partial charge in [-0.05, 0) is 57.7 Å². The number of nitrogens with zero attached hydrogens (tertiary/aromatic N) is 4. The van der Waals surface area contributed by atoms with E-state index in [4.69, 9.17) is 4.74 Å². The molecule has 1 atom stereocenters. The van der Waals surface area contributed by atoms with Crippen molar-refractivity contribution in [1.82, 2.24) is 14.9 Å². The summed E-state index contributed by atoms with van der Waals surface area (Å²) in [5.41, 5.74) is 1.44. The van der Waals surface area contributed by atoms with Crippen LogP contribution in [0.15, 0.2) is 23.1 Å². The van der Waals surface area contributed by atoms with Gasteiger partial charge in [0, 0.05) is 50.3 Å². The largest absolute Gasteiger partial charge is 0.376 e. The molecule has 8 nitrogen and oxygen atoms in total. The smallest absolute Gasteiger partial charge is 0.226 e. The number of carbonyl (C=O) groups excluding carboxylic acids is 1. The van der Waals surface area contributed by atoms with Crippen LogP contribution in [0.4, 0.5) is 5.95 Å². The molecule has 0 unspecified atom stereocenters. The summed E-state index contributed by atoms with van der Waals surface area (Å²) < 4.78 is 29.6. The van der Waals surface area contributed by atoms with Crippen LogP contribution < -0.4 is 4.90 Å². The molecule has 1 aromatic heterocycles. The number of amides is 1. The molecule has 2 saturated heterocycles. The lowest BCUT2D eigenvalue weighted by atomic mass is 9.95. The number of sulfone groups is 1. The van der Waals surface area contributed by atoms with Gasteiger partial charge in [0.05, 0.1) is 22.2 Å². The van der Waals surface area contributed by atoms with Gasteiger partial charge in [-0.3, -0.25) is 4.79 Å². The summed E-state index contributed by atoms with van der Waals surface area (Å²) in [7, 11) is -3.31. The minimum atomic E-state index is -3.31. The average Bonchev–Trinajstić information content (AvgIpc) is 3.29. The van der Waals surface area contributed by atoms with Crippen molar-refractivity contribution >= 4 is 32.6 Å². The Morgan fingerprint density at radius 3 is 2.59 bits per heavy atom. The Bertz CT molecular complexity index is 1090. The van der Waals surface area contributed by atoms with Gasteiger partial charge in [-0.15, -0.1) is 0 Å². The second kappa shape index (κ2) is 9.31. The molecule has 4 rings (SSSR count). The SMILES string of the molecule is CCN(C[C@H]1CCCO1)C(=O)C1CCN(c2nc(C)c3ccc(S(C)(=O)=O)cc3n2)CC1. The van der Waals surface area contributed by atoms with Crippen molar-refractivity contribution in [3.63, 3.8) is 0 Å². The molecule has 3 heterocycles. The van der Waals surface area contributed by atoms with Gasteiger partial charge in [-0.1, -0.05) is 0 Å². The number of hydrogen-bond donors (Lipinski definition) is 0. The lowest BCUT2D eigenvalue weighted by molar-refractivity contribution is -0.137. The lowest BCUT2D eigenvalue weighted by Crippen LogP contribution is -2.45. The van der Waals surface area contributed by atoms with E-state index in [1.807, 2.05) is 18.7 Å². The van der Waals surface area contributed by atoms with Gasteiger partial charge in [-0.25, -0.2) is 18.4 Å². The predicted octanol–water partition coefficient (Wildman–Crippen LogP) is 2.59. The van der Waals surface area contributed by atoms with Gasteiger partial charge in [-0.2, -0.15) is 0 Å². The van der Waals surface area contributed by atoms with E-state index in [-0.39, 0.29) is 22.8 Å². The zero-order valence-electron chi connectivity index (χ0n) is 19.1. The van der Waals surface area contributed by atoms with Crippen LogP contribution in [-0.4, -0.2) is 74.3 Å². The molecule has 174 valence electrons. The Morgan fingerprint density at radius 1 is 1.22 bits per heavy atom. The topological polar surface area (TPSA) is 92.7 Å². The Balaban J connectivity index is 1.45. The minimum Gasteiger partial charge on any atom is -0.376 e. The van der Waals surface area contributed by atoms with E-state index in [1.54, 1.807) is 18.2 Å². The molecule has 2 aliphatic heterocycles. The number of ether oxygens (including phenoxy) is 1. The zero-order valence-corrected chi connectivity index (χ0v) is 19.9. The number of rotatable bonds is 6. The highest BCUT2D eigenvalue weighted by Gasteiger charge is 2.31. The third-order valence-electron chi connectivity index (χ3n) is 6.54. The monoisotopic (exact) mass is 460 g/mol. The highest BCUT2D eigenvalue weighted by molar-refractivity contribution is 7.90. The number of aryl methyl sites for hydroxylation is 1. The molecule has 1 amide bonds. The number of hydrogen-bond acceptors (Lipinski definition) is 7. The maximum atomic E-state index is 13.1. The first kappa shape index (κ1) is 22.9. The standard InChI is InChI=1S/C23H32N4O4S/c1-4-26(15-18-6-5-13-31-18)22(28)17-9-11-27(12-10-17)23-24-16(2)20-8-7-19(32(3,29)30)14-21(20)25-23/h7-8,14,17-18H,4-6,9-13,15H2,1-3H3/t18-/m1/s1. The first-order chi connectivity index (χ1) is 15.3. The summed E-state index contributed by atoms with van der Waals surface area (Å²) >= 11 is 0. The van der Waals surface area contributed by atoms with Crippen LogP contribution in [-0.2, 0) is 19.4 Å². The second-order valence-electron chi connectivity index (χ2n) is 8.83. The average molecular weight is 461 g/mol. The van der Waals surface area contributed by atoms with Crippen molar-refractivity contribution < 1.29 is 17.9 Å². The highest BCUT2D eigenvalue weighted by atomic mass is 32.2. The number of likely N-dealkylation sites (N-methyl/N-ethyl adjacent to an activating group) is 1. The first-order valence-electron chi connectivity index (χ1n) is 11.4. The maximum absolute atomic E-state index is 13.1. The van der Waals surface area contributed by atoms with Crippen molar-refractivity contribution in [3.05, 3.63) is 23.9 Å². The van der Waals surface area contributed by atoms with Crippen molar-refractivity contribution in [3.8, 4) is 0 Å². The van der Waals surface area contributed by atoms with Crippen LogP contribution in [0.2, 0.25) is 0 Å². The third kappa shape index (κ3) is 4.88. The molecule has 1 aromatic carbocycles. The van der Waals surface area contributed by atoms with E-state index in [0.717, 1.165) is 43.4 Å². The number of fused-ring (bicyclic) bond motifs is 1. The van der Waals surface area contributed by atoms with Crippen molar-refractivity contribution in [2.24, 2.45) is 5.92 Å². The van der Waals surface area contributed by atoms with E-state index in [0.29, 0.717) is 37.6 Å². The zero-order chi connectivity index (χ0) is 22.9. The van der Waals surface area contributed by atoms with Crippen molar-refractivity contribution in [1.29, 1.82) is 0 Å². The summed E-state index contributed by atoms with van der Waals surface area (Å²) in [5, 5.41) is 0.846. The molecule has 0 spiro atoms. The van der Waals surface area contributed by atoms with E-state index < -0.39 is 9.84 Å². The summed E-state index contributed by atoms with van der Waals surface area (Å²) in [4.78, 5) is 26.7. The second-order valence-corrected chi connectivity index (χ2v) is 10.8. The quantitative estimate of drug-likeness (QED) is 0.654. The van der Waals surface area contributed by atoms with Gasteiger partial charge in [0.1, 0.15) is 0 Å². The van der Waals surface area contributed by atoms with Gasteiger partial charge in [0.25, 0.3) is 0 Å². The maximum Gasteiger partial charge on any atom is 0.226 e. The van der Waals surface area contributed by atoms with Gasteiger partial charge in [0.2, 0.25) is 11.9 Å². The fourth-order valence-corrected chi connectivity index (χ4v) is 5.26. The summed E-state index contributed by atoms with van der Waals surface area (Å²) in [6.45, 7) is 7.52. The minimum absolute atomic E-state index is 0.00555. The fraction of sp³-hybridized carbons (Fsp3) is 0.609. The van der Waals surface area contributed by atoms with E-state index in [2.05, 4.69) is 14.9 Å². The predicted molar refractivity (Wildman–Crippen MR) is 124 cm³/mol. The Hall–Kier alpha value is -2.26. The molecular formula is C23H32N4O4S. The molecule has 9 heteroatoms. The molecule has 0 N–H and O–H groups in total. The fourth-order valence-electron chi connectivity index (χ4n) is 4.62. The highest BCUT2D eigenvalue weighted by Crippen LogP contribution is 2.27. The Morgan fingerprint density at radius 2 is 1.97 bits per heavy atom. The number of carbonyl (C=O) groups is 1. The van der Waals surface area contributed by atoms with E-state index in [9.17, 15) is 13.2 Å². The molecule has 0 radical (unpaired) electrons. The number of piperidine rings is 1. The van der Waals surface area contributed by atoms with Gasteiger partial charge < -0.3 is 14.5 Å². The first-order valence-corrected chi connectivity index (χ1v) is 13.3. The summed E-state index contributed by atoms with van der Waals surface area (Å²) in [6, 6.07) is 4.98. The van der Waals surface area contributed by atoms with Crippen molar-refractivity contribution in [2.45, 2.75) is 50.5 Å². The van der Waals surface area contributed by atoms with Gasteiger partial charge in [0.15, 0.2) is 9.84 Å². The van der Waals surface area contributed by atoms with E-state index >= 15 is 0 Å². The molecule has 0 aliphatic carbocycles. The molecule has 2 aromatic rings. The van der Waals surface area contributed by atoms with Crippen LogP contribution in [0.3, 0.4) is 0 Å². The third-order valence-corrected chi connectivity index (χ3v) is 7.65. The summed E-state index contributed by atoms with van der Waals surface area (Å²) in [5.74, 6) is 0.820. The molecule has 2 aliphatic rings. The molecule has 0 bridgehead atoms. The van der Waals surface area contributed by atoms with Crippen LogP contribution in [0, 0.1) is 12.8 Å². The van der Waals surface area contributed by atoms with Crippen molar-refractivity contribution in [2.75, 3.05) is 43.9 Å². The van der Waals surface area contributed by atoms with Gasteiger partial charge >= 0.3 is 0 Å². The molecular weight excluding hydrogens is 428 g/mol. The lowest BCUT2D eigenvalue weighted by Gasteiger charge is -2.34. The Labute approximate surface area is 189 Å². The molecule has 32 heavy (non-hydrogen) atoms. The number of anilines is 1. The summed E-state index contributed by atoms with van der Waals surface area (Å²) in [6.07, 6.45) is 4.98. The normalized spacial score (nSPS) is 20.1. The Kier molecular flexibility index (Phi) is 6.67.